The Bertz CT molecular complexity index is 260. The van der Waals surface area contributed by atoms with Crippen molar-refractivity contribution in [2.24, 2.45) is 0 Å². The van der Waals surface area contributed by atoms with Gasteiger partial charge >= 0.3 is 11.9 Å². The predicted molar refractivity (Wildman–Crippen MR) is 59.7 cm³/mol. The van der Waals surface area contributed by atoms with Crippen LogP contribution in [0.1, 0.15) is 20.8 Å². The number of halogens is 1. The number of esters is 2. The summed E-state index contributed by atoms with van der Waals surface area (Å²) in [6.07, 6.45) is -0.902. The smallest absolute Gasteiger partial charge is 0.347 e. The molecule has 0 aliphatic heterocycles. The molecule has 0 aliphatic carbocycles. The molecule has 0 aromatic heterocycles. The summed E-state index contributed by atoms with van der Waals surface area (Å²) in [6, 6.07) is 0. The molecule has 0 aromatic carbocycles. The zero-order chi connectivity index (χ0) is 12.0. The molecular formula is C10H15BrO4. The molecule has 0 spiro atoms. The predicted octanol–water partition coefficient (Wildman–Crippen LogP) is 1.82. The number of alkyl halides is 1. The maximum absolute atomic E-state index is 11.3. The summed E-state index contributed by atoms with van der Waals surface area (Å²) in [5.74, 6) is -1.15. The summed E-state index contributed by atoms with van der Waals surface area (Å²) in [6.45, 7) is 8.47. The number of ether oxygens (including phenoxy) is 2. The molecule has 0 aromatic rings. The van der Waals surface area contributed by atoms with E-state index in [1.54, 1.807) is 0 Å². The van der Waals surface area contributed by atoms with Gasteiger partial charge in [-0.3, -0.25) is 0 Å². The van der Waals surface area contributed by atoms with Gasteiger partial charge in [0.25, 0.3) is 0 Å². The average molecular weight is 279 g/mol. The van der Waals surface area contributed by atoms with E-state index in [9.17, 15) is 9.59 Å². The van der Waals surface area contributed by atoms with Crippen molar-refractivity contribution in [2.75, 3.05) is 6.61 Å². The van der Waals surface area contributed by atoms with Crippen LogP contribution in [0.3, 0.4) is 0 Å². The molecule has 0 rings (SSSR count). The van der Waals surface area contributed by atoms with E-state index in [4.69, 9.17) is 9.47 Å². The second kappa shape index (κ2) is 6.61. The Balaban J connectivity index is 3.99. The minimum absolute atomic E-state index is 0.0745. The highest BCUT2D eigenvalue weighted by atomic mass is 79.9. The summed E-state index contributed by atoms with van der Waals surface area (Å²) >= 11 is 3.23. The molecule has 0 radical (unpaired) electrons. The third kappa shape index (κ3) is 6.28. The van der Waals surface area contributed by atoms with Crippen molar-refractivity contribution in [1.29, 1.82) is 0 Å². The molecule has 0 amide bonds. The maximum Gasteiger partial charge on any atom is 0.347 e. The lowest BCUT2D eigenvalue weighted by Crippen LogP contribution is -2.27. The SMILES string of the molecule is C=C(C)C(=O)OC(C)C(=O)OCC(C)Br. The van der Waals surface area contributed by atoms with Crippen LogP contribution < -0.4 is 0 Å². The van der Waals surface area contributed by atoms with Gasteiger partial charge in [-0.25, -0.2) is 9.59 Å². The number of hydrogen-bond donors (Lipinski definition) is 0. The Morgan fingerprint density at radius 2 is 1.93 bits per heavy atom. The molecule has 5 heteroatoms. The average Bonchev–Trinajstić information content (AvgIpc) is 2.13. The van der Waals surface area contributed by atoms with Crippen molar-refractivity contribution in [3.8, 4) is 0 Å². The van der Waals surface area contributed by atoms with Gasteiger partial charge in [-0.1, -0.05) is 22.5 Å². The van der Waals surface area contributed by atoms with E-state index < -0.39 is 18.0 Å². The summed E-state index contributed by atoms with van der Waals surface area (Å²) in [4.78, 5) is 22.4. The van der Waals surface area contributed by atoms with Crippen molar-refractivity contribution in [1.82, 2.24) is 0 Å². The van der Waals surface area contributed by atoms with Crippen LogP contribution in [0.15, 0.2) is 12.2 Å². The molecule has 0 heterocycles. The number of carbonyl (C=O) groups is 2. The van der Waals surface area contributed by atoms with E-state index >= 15 is 0 Å². The summed E-state index contributed by atoms with van der Waals surface area (Å²) < 4.78 is 9.63. The molecule has 0 saturated carbocycles. The van der Waals surface area contributed by atoms with E-state index in [1.807, 2.05) is 6.92 Å². The van der Waals surface area contributed by atoms with E-state index in [-0.39, 0.29) is 17.0 Å². The molecule has 0 aliphatic rings. The van der Waals surface area contributed by atoms with Crippen LogP contribution in [0.2, 0.25) is 0 Å². The summed E-state index contributed by atoms with van der Waals surface area (Å²) in [7, 11) is 0. The van der Waals surface area contributed by atoms with Crippen molar-refractivity contribution < 1.29 is 19.1 Å². The second-order valence-electron chi connectivity index (χ2n) is 3.24. The lowest BCUT2D eigenvalue weighted by atomic mass is 10.3. The molecule has 2 atom stereocenters. The molecule has 0 N–H and O–H groups in total. The van der Waals surface area contributed by atoms with Crippen molar-refractivity contribution in [2.45, 2.75) is 31.7 Å². The lowest BCUT2D eigenvalue weighted by molar-refractivity contribution is -0.164. The minimum atomic E-state index is -0.902. The first kappa shape index (κ1) is 14.2. The highest BCUT2D eigenvalue weighted by Gasteiger charge is 2.19. The molecule has 15 heavy (non-hydrogen) atoms. The van der Waals surface area contributed by atoms with E-state index in [1.165, 1.54) is 13.8 Å². The summed E-state index contributed by atoms with van der Waals surface area (Å²) in [5, 5.41) is 0. The quantitative estimate of drug-likeness (QED) is 0.437. The van der Waals surface area contributed by atoms with Crippen LogP contribution in [-0.4, -0.2) is 29.5 Å². The number of hydrogen-bond acceptors (Lipinski definition) is 4. The van der Waals surface area contributed by atoms with Crippen LogP contribution in [0, 0.1) is 0 Å². The Labute approximate surface area is 97.8 Å². The van der Waals surface area contributed by atoms with Crippen LogP contribution in [0.4, 0.5) is 0 Å². The van der Waals surface area contributed by atoms with Crippen LogP contribution >= 0.6 is 15.9 Å². The van der Waals surface area contributed by atoms with Gasteiger partial charge in [0.1, 0.15) is 6.61 Å². The first-order chi connectivity index (χ1) is 6.84. The van der Waals surface area contributed by atoms with Gasteiger partial charge in [0.15, 0.2) is 6.10 Å². The normalized spacial score (nSPS) is 13.9. The Morgan fingerprint density at radius 1 is 1.40 bits per heavy atom. The zero-order valence-electron chi connectivity index (χ0n) is 9.08. The monoisotopic (exact) mass is 278 g/mol. The molecule has 0 bridgehead atoms. The van der Waals surface area contributed by atoms with Gasteiger partial charge in [0.2, 0.25) is 0 Å². The van der Waals surface area contributed by atoms with Gasteiger partial charge in [-0.2, -0.15) is 0 Å². The van der Waals surface area contributed by atoms with Gasteiger partial charge in [0, 0.05) is 10.4 Å². The molecule has 2 unspecified atom stereocenters. The Kier molecular flexibility index (Phi) is 6.24. The maximum atomic E-state index is 11.3. The van der Waals surface area contributed by atoms with E-state index in [0.29, 0.717) is 0 Å². The molecular weight excluding hydrogens is 264 g/mol. The van der Waals surface area contributed by atoms with Crippen LogP contribution in [0.25, 0.3) is 0 Å². The lowest BCUT2D eigenvalue weighted by Gasteiger charge is -2.13. The van der Waals surface area contributed by atoms with Crippen molar-refractivity contribution in [3.05, 3.63) is 12.2 Å². The molecule has 86 valence electrons. The fraction of sp³-hybridized carbons (Fsp3) is 0.600. The number of carbonyl (C=O) groups excluding carboxylic acids is 2. The fourth-order valence-electron chi connectivity index (χ4n) is 0.624. The highest BCUT2D eigenvalue weighted by molar-refractivity contribution is 9.09. The first-order valence-corrected chi connectivity index (χ1v) is 5.43. The van der Waals surface area contributed by atoms with Gasteiger partial charge in [0.05, 0.1) is 0 Å². The highest BCUT2D eigenvalue weighted by Crippen LogP contribution is 2.03. The van der Waals surface area contributed by atoms with Gasteiger partial charge in [-0.15, -0.1) is 0 Å². The van der Waals surface area contributed by atoms with Crippen molar-refractivity contribution >= 4 is 27.9 Å². The number of rotatable bonds is 5. The second-order valence-corrected chi connectivity index (χ2v) is 4.80. The standard InChI is InChI=1S/C10H15BrO4/c1-6(2)9(12)15-8(4)10(13)14-5-7(3)11/h7-8H,1,5H2,2-4H3. The Morgan fingerprint density at radius 3 is 2.33 bits per heavy atom. The minimum Gasteiger partial charge on any atom is -0.462 e. The zero-order valence-corrected chi connectivity index (χ0v) is 10.7. The van der Waals surface area contributed by atoms with Gasteiger partial charge < -0.3 is 9.47 Å². The van der Waals surface area contributed by atoms with E-state index in [2.05, 4.69) is 22.5 Å². The van der Waals surface area contributed by atoms with E-state index in [0.717, 1.165) is 0 Å². The third-order valence-electron chi connectivity index (χ3n) is 1.42. The molecule has 4 nitrogen and oxygen atoms in total. The Hall–Kier alpha value is -0.840. The van der Waals surface area contributed by atoms with Crippen LogP contribution in [-0.2, 0) is 19.1 Å². The van der Waals surface area contributed by atoms with Gasteiger partial charge in [-0.05, 0) is 20.8 Å². The third-order valence-corrected chi connectivity index (χ3v) is 1.68. The van der Waals surface area contributed by atoms with Crippen LogP contribution in [0.5, 0.6) is 0 Å². The molecule has 0 saturated heterocycles. The first-order valence-electron chi connectivity index (χ1n) is 4.51. The van der Waals surface area contributed by atoms with Crippen molar-refractivity contribution in [3.63, 3.8) is 0 Å². The fourth-order valence-corrected chi connectivity index (χ4v) is 0.756. The molecule has 0 fully saturated rings. The topological polar surface area (TPSA) is 52.6 Å². The largest absolute Gasteiger partial charge is 0.462 e. The summed E-state index contributed by atoms with van der Waals surface area (Å²) in [5.41, 5.74) is 0.253.